The van der Waals surface area contributed by atoms with Crippen molar-refractivity contribution in [2.75, 3.05) is 6.61 Å². The summed E-state index contributed by atoms with van der Waals surface area (Å²) in [5, 5.41) is 9.68. The van der Waals surface area contributed by atoms with E-state index >= 15 is 0 Å². The Kier molecular flexibility index (Phi) is 4.77. The maximum Gasteiger partial charge on any atom is 0.124 e. The molecule has 2 nitrogen and oxygen atoms in total. The molecule has 0 bridgehead atoms. The van der Waals surface area contributed by atoms with Crippen LogP contribution in [0.1, 0.15) is 25.3 Å². The Morgan fingerprint density at radius 2 is 2.21 bits per heavy atom. The third kappa shape index (κ3) is 3.20. The summed E-state index contributed by atoms with van der Waals surface area (Å²) in [5.41, 5.74) is 0.744. The summed E-state index contributed by atoms with van der Waals surface area (Å²) >= 11 is 5.79. The topological polar surface area (TPSA) is 29.5 Å². The van der Waals surface area contributed by atoms with Crippen molar-refractivity contribution in [1.82, 2.24) is 0 Å². The number of unbranched alkanes of at least 4 members (excludes halogenated alkanes) is 1. The van der Waals surface area contributed by atoms with Crippen LogP contribution in [0.4, 0.5) is 0 Å². The third-order valence-electron chi connectivity index (χ3n) is 1.95. The molecule has 0 atom stereocenters. The van der Waals surface area contributed by atoms with Gasteiger partial charge in [0.25, 0.3) is 0 Å². The number of aliphatic hydroxyl groups excluding tert-OH is 1. The van der Waals surface area contributed by atoms with Crippen LogP contribution in [0.2, 0.25) is 5.02 Å². The minimum absolute atomic E-state index is 0.0397. The van der Waals surface area contributed by atoms with Crippen LogP contribution in [-0.4, -0.2) is 11.7 Å². The van der Waals surface area contributed by atoms with Gasteiger partial charge in [0.2, 0.25) is 0 Å². The van der Waals surface area contributed by atoms with Crippen LogP contribution in [0.5, 0.6) is 5.75 Å². The normalized spacial score (nSPS) is 10.2. The molecule has 0 unspecified atom stereocenters. The van der Waals surface area contributed by atoms with Gasteiger partial charge in [0.05, 0.1) is 13.2 Å². The van der Waals surface area contributed by atoms with E-state index in [0.29, 0.717) is 11.6 Å². The molecule has 1 N–H and O–H groups in total. The second kappa shape index (κ2) is 5.89. The van der Waals surface area contributed by atoms with Crippen LogP contribution < -0.4 is 4.74 Å². The maximum absolute atomic E-state index is 9.06. The molecule has 0 saturated carbocycles. The number of rotatable bonds is 5. The van der Waals surface area contributed by atoms with E-state index in [1.54, 1.807) is 18.2 Å². The Labute approximate surface area is 89.5 Å². The maximum atomic E-state index is 9.06. The van der Waals surface area contributed by atoms with Gasteiger partial charge in [-0.2, -0.15) is 0 Å². The molecule has 0 fully saturated rings. The molecular weight excluding hydrogens is 200 g/mol. The zero-order valence-corrected chi connectivity index (χ0v) is 9.05. The summed E-state index contributed by atoms with van der Waals surface area (Å²) in [6.45, 7) is 2.76. The summed E-state index contributed by atoms with van der Waals surface area (Å²) in [7, 11) is 0. The SMILES string of the molecule is CCCCOc1ccc(Cl)cc1CO. The average Bonchev–Trinajstić information content (AvgIpc) is 2.20. The highest BCUT2D eigenvalue weighted by Gasteiger charge is 2.02. The first-order valence-corrected chi connectivity index (χ1v) is 5.17. The summed E-state index contributed by atoms with van der Waals surface area (Å²) in [6, 6.07) is 5.29. The Morgan fingerprint density at radius 1 is 1.43 bits per heavy atom. The van der Waals surface area contributed by atoms with Crippen LogP contribution in [0, 0.1) is 0 Å². The molecule has 0 radical (unpaired) electrons. The highest BCUT2D eigenvalue weighted by Crippen LogP contribution is 2.22. The van der Waals surface area contributed by atoms with E-state index in [4.69, 9.17) is 21.4 Å². The van der Waals surface area contributed by atoms with Crippen LogP contribution in [0.3, 0.4) is 0 Å². The summed E-state index contributed by atoms with van der Waals surface area (Å²) < 4.78 is 5.50. The molecule has 0 saturated heterocycles. The van der Waals surface area contributed by atoms with Crippen molar-refractivity contribution < 1.29 is 9.84 Å². The Balaban J connectivity index is 2.65. The van der Waals surface area contributed by atoms with E-state index in [1.165, 1.54) is 0 Å². The lowest BCUT2D eigenvalue weighted by Crippen LogP contribution is -1.99. The Hall–Kier alpha value is -0.730. The van der Waals surface area contributed by atoms with Gasteiger partial charge in [-0.05, 0) is 24.6 Å². The van der Waals surface area contributed by atoms with E-state index in [0.717, 1.165) is 24.2 Å². The van der Waals surface area contributed by atoms with Crippen LogP contribution in [0.25, 0.3) is 0 Å². The number of ether oxygens (including phenoxy) is 1. The number of benzene rings is 1. The minimum Gasteiger partial charge on any atom is -0.493 e. The van der Waals surface area contributed by atoms with Gasteiger partial charge in [-0.3, -0.25) is 0 Å². The largest absolute Gasteiger partial charge is 0.493 e. The van der Waals surface area contributed by atoms with Gasteiger partial charge < -0.3 is 9.84 Å². The van der Waals surface area contributed by atoms with Crippen LogP contribution in [-0.2, 0) is 6.61 Å². The number of aliphatic hydroxyl groups is 1. The number of hydrogen-bond donors (Lipinski definition) is 1. The van der Waals surface area contributed by atoms with E-state index < -0.39 is 0 Å². The number of halogens is 1. The van der Waals surface area contributed by atoms with Crippen molar-refractivity contribution in [2.45, 2.75) is 26.4 Å². The molecule has 0 aliphatic rings. The van der Waals surface area contributed by atoms with Gasteiger partial charge in [-0.15, -0.1) is 0 Å². The lowest BCUT2D eigenvalue weighted by molar-refractivity contribution is 0.261. The van der Waals surface area contributed by atoms with Gasteiger partial charge >= 0.3 is 0 Å². The number of hydrogen-bond acceptors (Lipinski definition) is 2. The van der Waals surface area contributed by atoms with Gasteiger partial charge in [0.1, 0.15) is 5.75 Å². The highest BCUT2D eigenvalue weighted by molar-refractivity contribution is 6.30. The van der Waals surface area contributed by atoms with E-state index in [2.05, 4.69) is 6.92 Å². The fourth-order valence-corrected chi connectivity index (χ4v) is 1.33. The molecule has 14 heavy (non-hydrogen) atoms. The molecular formula is C11H15ClO2. The third-order valence-corrected chi connectivity index (χ3v) is 2.18. The van der Waals surface area contributed by atoms with Crippen LogP contribution >= 0.6 is 11.6 Å². The second-order valence-corrected chi connectivity index (χ2v) is 3.55. The summed E-state index contributed by atoms with van der Waals surface area (Å²) in [4.78, 5) is 0. The molecule has 0 heterocycles. The Bertz CT molecular complexity index is 287. The van der Waals surface area contributed by atoms with E-state index in [1.807, 2.05) is 0 Å². The quantitative estimate of drug-likeness (QED) is 0.764. The fraction of sp³-hybridized carbons (Fsp3) is 0.455. The average molecular weight is 215 g/mol. The van der Waals surface area contributed by atoms with Crippen LogP contribution in [0.15, 0.2) is 18.2 Å². The zero-order chi connectivity index (χ0) is 10.4. The van der Waals surface area contributed by atoms with E-state index in [-0.39, 0.29) is 6.61 Å². The molecule has 0 aliphatic heterocycles. The lowest BCUT2D eigenvalue weighted by atomic mass is 10.2. The van der Waals surface area contributed by atoms with Crippen molar-refractivity contribution in [1.29, 1.82) is 0 Å². The van der Waals surface area contributed by atoms with Crippen molar-refractivity contribution in [3.05, 3.63) is 28.8 Å². The van der Waals surface area contributed by atoms with Gasteiger partial charge in [0.15, 0.2) is 0 Å². The van der Waals surface area contributed by atoms with Gasteiger partial charge in [-0.25, -0.2) is 0 Å². The first-order chi connectivity index (χ1) is 6.77. The second-order valence-electron chi connectivity index (χ2n) is 3.11. The van der Waals surface area contributed by atoms with Crippen molar-refractivity contribution in [3.63, 3.8) is 0 Å². The molecule has 3 heteroatoms. The lowest BCUT2D eigenvalue weighted by Gasteiger charge is -2.09. The molecule has 0 spiro atoms. The summed E-state index contributed by atoms with van der Waals surface area (Å²) in [6.07, 6.45) is 2.12. The molecule has 0 aromatic heterocycles. The first-order valence-electron chi connectivity index (χ1n) is 4.80. The van der Waals surface area contributed by atoms with Crippen molar-refractivity contribution >= 4 is 11.6 Å². The molecule has 78 valence electrons. The zero-order valence-electron chi connectivity index (χ0n) is 8.29. The monoisotopic (exact) mass is 214 g/mol. The predicted molar refractivity (Wildman–Crippen MR) is 57.8 cm³/mol. The summed E-state index contributed by atoms with van der Waals surface area (Å²) in [5.74, 6) is 0.727. The van der Waals surface area contributed by atoms with Crippen molar-refractivity contribution in [2.24, 2.45) is 0 Å². The molecule has 1 aromatic carbocycles. The highest BCUT2D eigenvalue weighted by atomic mass is 35.5. The Morgan fingerprint density at radius 3 is 2.86 bits per heavy atom. The smallest absolute Gasteiger partial charge is 0.124 e. The molecule has 1 rings (SSSR count). The predicted octanol–water partition coefficient (Wildman–Crippen LogP) is 3.01. The molecule has 0 amide bonds. The van der Waals surface area contributed by atoms with Gasteiger partial charge in [-0.1, -0.05) is 24.9 Å². The standard InChI is InChI=1S/C11H15ClO2/c1-2-3-6-14-11-5-4-10(12)7-9(11)8-13/h4-5,7,13H,2-3,6,8H2,1H3. The molecule has 1 aromatic rings. The van der Waals surface area contributed by atoms with Gasteiger partial charge in [0, 0.05) is 10.6 Å². The van der Waals surface area contributed by atoms with Crippen molar-refractivity contribution in [3.8, 4) is 5.75 Å². The van der Waals surface area contributed by atoms with E-state index in [9.17, 15) is 0 Å². The first kappa shape index (κ1) is 11.3. The fourth-order valence-electron chi connectivity index (χ4n) is 1.14. The molecule has 0 aliphatic carbocycles. The minimum atomic E-state index is -0.0397.